The normalized spacial score (nSPS) is 33.0. The van der Waals surface area contributed by atoms with Crippen molar-refractivity contribution in [1.29, 1.82) is 0 Å². The van der Waals surface area contributed by atoms with Crippen molar-refractivity contribution in [1.82, 2.24) is 4.90 Å². The van der Waals surface area contributed by atoms with Crippen LogP contribution in [0.15, 0.2) is 0 Å². The van der Waals surface area contributed by atoms with E-state index in [9.17, 15) is 9.90 Å². The maximum atomic E-state index is 10.6. The maximum Gasteiger partial charge on any atom is 0.407 e. The van der Waals surface area contributed by atoms with Crippen LogP contribution in [0.5, 0.6) is 0 Å². The molecule has 1 saturated carbocycles. The molecule has 2 atom stereocenters. The lowest BCUT2D eigenvalue weighted by Crippen LogP contribution is -2.29. The number of likely N-dealkylation sites (tertiary alicyclic amines) is 1. The second kappa shape index (κ2) is 3.14. The predicted octanol–water partition coefficient (Wildman–Crippen LogP) is 0.617. The quantitative estimate of drug-likeness (QED) is 0.575. The van der Waals surface area contributed by atoms with Crippen molar-refractivity contribution in [3.63, 3.8) is 0 Å². The number of aliphatic hydroxyl groups is 1. The van der Waals surface area contributed by atoms with Crippen LogP contribution < -0.4 is 0 Å². The molecule has 1 aliphatic carbocycles. The van der Waals surface area contributed by atoms with Gasteiger partial charge in [0.15, 0.2) is 0 Å². The maximum absolute atomic E-state index is 10.6. The molecule has 82 valence electrons. The largest absolute Gasteiger partial charge is 0.465 e. The van der Waals surface area contributed by atoms with Gasteiger partial charge in [-0.1, -0.05) is 11.8 Å². The van der Waals surface area contributed by atoms with Crippen molar-refractivity contribution in [2.75, 3.05) is 13.1 Å². The van der Waals surface area contributed by atoms with Gasteiger partial charge in [-0.05, 0) is 25.7 Å². The van der Waals surface area contributed by atoms with E-state index in [2.05, 4.69) is 11.8 Å². The first kappa shape index (κ1) is 10.3. The number of rotatable bonds is 0. The third kappa shape index (κ3) is 2.07. The van der Waals surface area contributed by atoms with Crippen LogP contribution in [0.1, 0.15) is 13.8 Å². The topological polar surface area (TPSA) is 60.8 Å². The van der Waals surface area contributed by atoms with Gasteiger partial charge in [-0.25, -0.2) is 4.79 Å². The van der Waals surface area contributed by atoms with E-state index in [1.807, 2.05) is 0 Å². The van der Waals surface area contributed by atoms with Crippen molar-refractivity contribution in [3.8, 4) is 11.8 Å². The Morgan fingerprint density at radius 2 is 1.93 bits per heavy atom. The third-order valence-electron chi connectivity index (χ3n) is 3.01. The minimum absolute atomic E-state index is 0.298. The zero-order valence-electron chi connectivity index (χ0n) is 8.90. The molecule has 15 heavy (non-hydrogen) atoms. The Balaban J connectivity index is 1.89. The second-order valence-electron chi connectivity index (χ2n) is 4.87. The molecule has 1 aliphatic heterocycles. The molecule has 2 N–H and O–H groups in total. The van der Waals surface area contributed by atoms with E-state index in [0.717, 1.165) is 0 Å². The molecular formula is C11H15NO3. The van der Waals surface area contributed by atoms with Gasteiger partial charge in [0.05, 0.1) is 0 Å². The van der Waals surface area contributed by atoms with Crippen molar-refractivity contribution in [2.45, 2.75) is 19.4 Å². The number of hydrogen-bond donors (Lipinski definition) is 2. The number of carbonyl (C=O) groups is 1. The first-order valence-corrected chi connectivity index (χ1v) is 5.11. The highest BCUT2D eigenvalue weighted by atomic mass is 16.4. The Morgan fingerprint density at radius 1 is 1.40 bits per heavy atom. The van der Waals surface area contributed by atoms with E-state index < -0.39 is 11.7 Å². The molecule has 2 fully saturated rings. The number of hydrogen-bond acceptors (Lipinski definition) is 2. The molecule has 0 aromatic carbocycles. The van der Waals surface area contributed by atoms with Crippen LogP contribution in [0.25, 0.3) is 0 Å². The van der Waals surface area contributed by atoms with Crippen molar-refractivity contribution in [3.05, 3.63) is 0 Å². The van der Waals surface area contributed by atoms with Gasteiger partial charge < -0.3 is 15.1 Å². The standard InChI is InChI=1S/C11H15NO3/c1-11(2,15)4-3-7-8-5-12(10(13)14)6-9(7)8/h7-9,15H,5-6H2,1-2H3,(H,13,14). The molecule has 1 amide bonds. The summed E-state index contributed by atoms with van der Waals surface area (Å²) < 4.78 is 0. The molecule has 2 unspecified atom stereocenters. The zero-order chi connectivity index (χ0) is 11.2. The molecule has 0 bridgehead atoms. The zero-order valence-corrected chi connectivity index (χ0v) is 8.90. The van der Waals surface area contributed by atoms with Gasteiger partial charge in [-0.2, -0.15) is 0 Å². The monoisotopic (exact) mass is 209 g/mol. The van der Waals surface area contributed by atoms with Crippen LogP contribution in [0.2, 0.25) is 0 Å². The molecule has 2 aliphatic rings. The summed E-state index contributed by atoms with van der Waals surface area (Å²) in [7, 11) is 0. The number of fused-ring (bicyclic) bond motifs is 1. The van der Waals surface area contributed by atoms with Crippen LogP contribution in [0.3, 0.4) is 0 Å². The fourth-order valence-electron chi connectivity index (χ4n) is 2.16. The minimum Gasteiger partial charge on any atom is -0.465 e. The molecule has 0 radical (unpaired) electrons. The molecule has 2 rings (SSSR count). The summed E-state index contributed by atoms with van der Waals surface area (Å²) in [6.07, 6.45) is -0.837. The number of amides is 1. The summed E-state index contributed by atoms with van der Waals surface area (Å²) in [5.74, 6) is 6.93. The lowest BCUT2D eigenvalue weighted by molar-refractivity contribution is 0.142. The number of nitrogens with zero attached hydrogens (tertiary/aromatic N) is 1. The lowest BCUT2D eigenvalue weighted by atomic mass is 10.1. The number of carboxylic acid groups (broad SMARTS) is 1. The smallest absolute Gasteiger partial charge is 0.407 e. The van der Waals surface area contributed by atoms with Gasteiger partial charge in [-0.3, -0.25) is 0 Å². The first-order chi connectivity index (χ1) is 6.88. The van der Waals surface area contributed by atoms with E-state index in [4.69, 9.17) is 5.11 Å². The minimum atomic E-state index is -0.941. The highest BCUT2D eigenvalue weighted by molar-refractivity contribution is 5.66. The van der Waals surface area contributed by atoms with Crippen LogP contribution in [0, 0.1) is 29.6 Å². The summed E-state index contributed by atoms with van der Waals surface area (Å²) in [4.78, 5) is 12.1. The summed E-state index contributed by atoms with van der Waals surface area (Å²) in [6.45, 7) is 4.51. The van der Waals surface area contributed by atoms with Gasteiger partial charge in [0.1, 0.15) is 5.60 Å². The SMILES string of the molecule is CC(C)(O)C#CC1C2CN(C(=O)O)CC12. The fourth-order valence-corrected chi connectivity index (χ4v) is 2.16. The van der Waals surface area contributed by atoms with Gasteiger partial charge >= 0.3 is 6.09 Å². The second-order valence-corrected chi connectivity index (χ2v) is 4.87. The van der Waals surface area contributed by atoms with Crippen molar-refractivity contribution >= 4 is 6.09 Å². The Bertz CT molecular complexity index is 335. The summed E-state index contributed by atoms with van der Waals surface area (Å²) in [6, 6.07) is 0. The van der Waals surface area contributed by atoms with E-state index >= 15 is 0 Å². The van der Waals surface area contributed by atoms with Gasteiger partial charge in [-0.15, -0.1) is 0 Å². The fraction of sp³-hybridized carbons (Fsp3) is 0.727. The Morgan fingerprint density at radius 3 is 2.33 bits per heavy atom. The Kier molecular flexibility index (Phi) is 2.16. The van der Waals surface area contributed by atoms with Crippen LogP contribution in [-0.4, -0.2) is 39.9 Å². The average Bonchev–Trinajstić information content (AvgIpc) is 2.55. The molecule has 4 nitrogen and oxygen atoms in total. The lowest BCUT2D eigenvalue weighted by Gasteiger charge is -2.14. The van der Waals surface area contributed by atoms with Crippen molar-refractivity contribution in [2.24, 2.45) is 17.8 Å². The van der Waals surface area contributed by atoms with Crippen LogP contribution in [-0.2, 0) is 0 Å². The predicted molar refractivity (Wildman–Crippen MR) is 54.1 cm³/mol. The summed E-state index contributed by atoms with van der Waals surface area (Å²) in [5, 5.41) is 18.2. The van der Waals surface area contributed by atoms with E-state index in [-0.39, 0.29) is 0 Å². The van der Waals surface area contributed by atoms with E-state index in [0.29, 0.717) is 30.8 Å². The molecule has 0 spiro atoms. The van der Waals surface area contributed by atoms with Gasteiger partial charge in [0.2, 0.25) is 0 Å². The van der Waals surface area contributed by atoms with E-state index in [1.54, 1.807) is 13.8 Å². The Hall–Kier alpha value is -1.21. The molecule has 1 heterocycles. The average molecular weight is 209 g/mol. The molecule has 1 saturated heterocycles. The first-order valence-electron chi connectivity index (χ1n) is 5.11. The van der Waals surface area contributed by atoms with Gasteiger partial charge in [0.25, 0.3) is 0 Å². The van der Waals surface area contributed by atoms with Crippen LogP contribution >= 0.6 is 0 Å². The third-order valence-corrected chi connectivity index (χ3v) is 3.01. The van der Waals surface area contributed by atoms with Crippen molar-refractivity contribution < 1.29 is 15.0 Å². The molecule has 0 aromatic rings. The molecule has 0 aromatic heterocycles. The Labute approximate surface area is 88.9 Å². The highest BCUT2D eigenvalue weighted by Gasteiger charge is 2.56. The molecular weight excluding hydrogens is 194 g/mol. The van der Waals surface area contributed by atoms with Gasteiger partial charge in [0, 0.05) is 19.0 Å². The molecule has 4 heteroatoms. The summed E-state index contributed by atoms with van der Waals surface area (Å²) in [5.41, 5.74) is -0.941. The number of piperidine rings is 1. The summed E-state index contributed by atoms with van der Waals surface area (Å²) >= 11 is 0. The van der Waals surface area contributed by atoms with E-state index in [1.165, 1.54) is 4.90 Å². The van der Waals surface area contributed by atoms with Crippen LogP contribution in [0.4, 0.5) is 4.79 Å². The highest BCUT2D eigenvalue weighted by Crippen LogP contribution is 2.51.